The average Bonchev–Trinajstić information content (AvgIpc) is 3.42. The van der Waals surface area contributed by atoms with Crippen molar-refractivity contribution in [2.24, 2.45) is 0 Å². The topological polar surface area (TPSA) is 76.4 Å². The molecule has 1 fully saturated rings. The van der Waals surface area contributed by atoms with E-state index in [0.717, 1.165) is 65.7 Å². The van der Waals surface area contributed by atoms with E-state index in [4.69, 9.17) is 14.0 Å². The second-order valence-electron chi connectivity index (χ2n) is 6.83. The zero-order valence-electron chi connectivity index (χ0n) is 15.9. The van der Waals surface area contributed by atoms with E-state index in [1.807, 2.05) is 37.4 Å². The molecule has 1 N–H and O–H groups in total. The van der Waals surface area contributed by atoms with Crippen LogP contribution in [-0.2, 0) is 6.54 Å². The molecule has 7 heteroatoms. The molecule has 1 aliphatic heterocycles. The number of H-pyrrole nitrogens is 1. The first kappa shape index (κ1) is 17.6. The molecule has 7 nitrogen and oxygen atoms in total. The molecule has 1 unspecified atom stereocenters. The number of ether oxygens (including phenoxy) is 2. The third kappa shape index (κ3) is 3.42. The number of aryl methyl sites for hydroxylation is 1. The summed E-state index contributed by atoms with van der Waals surface area (Å²) in [6, 6.07) is 8.08. The lowest BCUT2D eigenvalue weighted by molar-refractivity contribution is 0.237. The molecule has 142 valence electrons. The summed E-state index contributed by atoms with van der Waals surface area (Å²) in [5.74, 6) is 2.41. The average molecular weight is 368 g/mol. The largest absolute Gasteiger partial charge is 0.497 e. The maximum absolute atomic E-state index is 5.55. The number of methoxy groups -OCH3 is 2. The van der Waals surface area contributed by atoms with E-state index in [1.165, 1.54) is 0 Å². The van der Waals surface area contributed by atoms with Crippen LogP contribution < -0.4 is 9.47 Å². The van der Waals surface area contributed by atoms with Gasteiger partial charge in [0, 0.05) is 23.7 Å². The van der Waals surface area contributed by atoms with Gasteiger partial charge in [0.25, 0.3) is 0 Å². The van der Waals surface area contributed by atoms with Gasteiger partial charge in [-0.05, 0) is 44.5 Å². The molecule has 4 rings (SSSR count). The monoisotopic (exact) mass is 368 g/mol. The quantitative estimate of drug-likeness (QED) is 0.714. The Hall–Kier alpha value is -2.80. The Morgan fingerprint density at radius 3 is 2.89 bits per heavy atom. The number of benzene rings is 1. The summed E-state index contributed by atoms with van der Waals surface area (Å²) in [5.41, 5.74) is 4.02. The minimum atomic E-state index is 0.275. The summed E-state index contributed by atoms with van der Waals surface area (Å²) in [4.78, 5) is 2.43. The van der Waals surface area contributed by atoms with Gasteiger partial charge in [-0.15, -0.1) is 0 Å². The molecule has 0 spiro atoms. The molecule has 1 saturated heterocycles. The molecule has 1 aliphatic rings. The minimum absolute atomic E-state index is 0.275. The Bertz CT molecular complexity index is 918. The number of nitrogens with zero attached hydrogens (tertiary/aromatic N) is 3. The molecule has 0 radical (unpaired) electrons. The molecule has 0 aliphatic carbocycles. The van der Waals surface area contributed by atoms with Gasteiger partial charge >= 0.3 is 0 Å². The number of likely N-dealkylation sites (tertiary alicyclic amines) is 1. The number of hydrogen-bond donors (Lipinski definition) is 1. The summed E-state index contributed by atoms with van der Waals surface area (Å²) in [6.45, 7) is 3.73. The highest BCUT2D eigenvalue weighted by Crippen LogP contribution is 2.37. The smallest absolute Gasteiger partial charge is 0.133 e. The van der Waals surface area contributed by atoms with E-state index in [0.29, 0.717) is 0 Å². The van der Waals surface area contributed by atoms with Gasteiger partial charge in [-0.3, -0.25) is 10.00 Å². The van der Waals surface area contributed by atoms with Crippen LogP contribution in [0.1, 0.15) is 35.9 Å². The number of aromatic amines is 1. The lowest BCUT2D eigenvalue weighted by atomic mass is 10.1. The number of aromatic nitrogens is 3. The first-order valence-corrected chi connectivity index (χ1v) is 9.11. The van der Waals surface area contributed by atoms with Gasteiger partial charge in [0.1, 0.15) is 23.0 Å². The summed E-state index contributed by atoms with van der Waals surface area (Å²) in [7, 11) is 3.33. The van der Waals surface area contributed by atoms with Crippen molar-refractivity contribution in [1.29, 1.82) is 0 Å². The molecule has 3 aromatic rings. The van der Waals surface area contributed by atoms with Gasteiger partial charge in [0.2, 0.25) is 0 Å². The van der Waals surface area contributed by atoms with Gasteiger partial charge in [-0.1, -0.05) is 5.16 Å². The number of hydrogen-bond acceptors (Lipinski definition) is 6. The van der Waals surface area contributed by atoms with E-state index < -0.39 is 0 Å². The Labute approximate surface area is 158 Å². The highest BCUT2D eigenvalue weighted by molar-refractivity contribution is 5.71. The number of rotatable bonds is 6. The predicted molar refractivity (Wildman–Crippen MR) is 101 cm³/mol. The fourth-order valence-corrected chi connectivity index (χ4v) is 3.79. The summed E-state index contributed by atoms with van der Waals surface area (Å²) in [5, 5.41) is 11.7. The van der Waals surface area contributed by atoms with Gasteiger partial charge in [-0.25, -0.2) is 0 Å². The molecule has 1 atom stereocenters. The lowest BCUT2D eigenvalue weighted by Crippen LogP contribution is -2.23. The van der Waals surface area contributed by atoms with Crippen molar-refractivity contribution in [3.8, 4) is 22.8 Å². The Balaban J connectivity index is 1.63. The first-order chi connectivity index (χ1) is 13.2. The highest BCUT2D eigenvalue weighted by atomic mass is 16.5. The molecule has 27 heavy (non-hydrogen) atoms. The molecule has 0 saturated carbocycles. The number of nitrogens with one attached hydrogen (secondary N) is 1. The van der Waals surface area contributed by atoms with Crippen LogP contribution in [0.4, 0.5) is 0 Å². The molecular formula is C20H24N4O3. The third-order valence-electron chi connectivity index (χ3n) is 5.12. The van der Waals surface area contributed by atoms with Crippen LogP contribution in [0.3, 0.4) is 0 Å². The van der Waals surface area contributed by atoms with Gasteiger partial charge in [-0.2, -0.15) is 5.10 Å². The highest BCUT2D eigenvalue weighted by Gasteiger charge is 2.29. The summed E-state index contributed by atoms with van der Waals surface area (Å²) >= 11 is 0. The minimum Gasteiger partial charge on any atom is -0.497 e. The van der Waals surface area contributed by atoms with Crippen molar-refractivity contribution in [2.75, 3.05) is 20.8 Å². The third-order valence-corrected chi connectivity index (χ3v) is 5.12. The van der Waals surface area contributed by atoms with Gasteiger partial charge in [0.05, 0.1) is 32.2 Å². The van der Waals surface area contributed by atoms with Crippen LogP contribution in [0.2, 0.25) is 0 Å². The zero-order valence-corrected chi connectivity index (χ0v) is 15.9. The van der Waals surface area contributed by atoms with Crippen LogP contribution in [0.5, 0.6) is 11.5 Å². The van der Waals surface area contributed by atoms with Crippen LogP contribution in [0.15, 0.2) is 35.0 Å². The standard InChI is InChI=1S/C20H24N4O3/c1-13-9-17(23-27-13)18-5-4-8-24(18)12-14-11-21-22-20(14)16-10-15(25-2)6-7-19(16)26-3/h6-7,9-11,18H,4-5,8,12H2,1-3H3,(H,21,22). The molecule has 2 aromatic heterocycles. The molecule has 0 bridgehead atoms. The first-order valence-electron chi connectivity index (χ1n) is 9.11. The Morgan fingerprint density at radius 2 is 2.15 bits per heavy atom. The van der Waals surface area contributed by atoms with Crippen LogP contribution >= 0.6 is 0 Å². The van der Waals surface area contributed by atoms with Crippen molar-refractivity contribution in [3.05, 3.63) is 47.5 Å². The Morgan fingerprint density at radius 1 is 1.26 bits per heavy atom. The summed E-state index contributed by atoms with van der Waals surface area (Å²) < 4.78 is 16.2. The van der Waals surface area contributed by atoms with E-state index >= 15 is 0 Å². The van der Waals surface area contributed by atoms with Crippen molar-refractivity contribution in [2.45, 2.75) is 32.4 Å². The summed E-state index contributed by atoms with van der Waals surface area (Å²) in [6.07, 6.45) is 4.12. The second-order valence-corrected chi connectivity index (χ2v) is 6.83. The fourth-order valence-electron chi connectivity index (χ4n) is 3.79. The molecule has 1 aromatic carbocycles. The van der Waals surface area contributed by atoms with Crippen molar-refractivity contribution >= 4 is 0 Å². The van der Waals surface area contributed by atoms with Crippen molar-refractivity contribution < 1.29 is 14.0 Å². The lowest BCUT2D eigenvalue weighted by Gasteiger charge is -2.22. The van der Waals surface area contributed by atoms with E-state index in [-0.39, 0.29) is 6.04 Å². The van der Waals surface area contributed by atoms with Crippen LogP contribution in [-0.4, -0.2) is 41.0 Å². The zero-order chi connectivity index (χ0) is 18.8. The van der Waals surface area contributed by atoms with E-state index in [1.54, 1.807) is 14.2 Å². The van der Waals surface area contributed by atoms with Gasteiger partial charge in [0.15, 0.2) is 0 Å². The maximum Gasteiger partial charge on any atom is 0.133 e. The van der Waals surface area contributed by atoms with E-state index in [9.17, 15) is 0 Å². The SMILES string of the molecule is COc1ccc(OC)c(-c2[nH]ncc2CN2CCCC2c2cc(C)on2)c1. The maximum atomic E-state index is 5.55. The predicted octanol–water partition coefficient (Wildman–Crippen LogP) is 3.73. The fraction of sp³-hybridized carbons (Fsp3) is 0.400. The molecule has 3 heterocycles. The van der Waals surface area contributed by atoms with Crippen LogP contribution in [0, 0.1) is 6.92 Å². The molecule has 0 amide bonds. The van der Waals surface area contributed by atoms with Gasteiger partial charge < -0.3 is 14.0 Å². The molecular weight excluding hydrogens is 344 g/mol. The van der Waals surface area contributed by atoms with E-state index in [2.05, 4.69) is 20.3 Å². The van der Waals surface area contributed by atoms with Crippen molar-refractivity contribution in [3.63, 3.8) is 0 Å². The Kier molecular flexibility index (Phi) is 4.85. The van der Waals surface area contributed by atoms with Crippen LogP contribution in [0.25, 0.3) is 11.3 Å². The second kappa shape index (κ2) is 7.44. The van der Waals surface area contributed by atoms with Crippen molar-refractivity contribution in [1.82, 2.24) is 20.3 Å². The normalized spacial score (nSPS) is 17.4.